The quantitative estimate of drug-likeness (QED) is 0.840. The number of anilines is 1. The predicted octanol–water partition coefficient (Wildman–Crippen LogP) is 2.50. The van der Waals surface area contributed by atoms with Gasteiger partial charge in [-0.15, -0.1) is 0 Å². The fraction of sp³-hybridized carbons (Fsp3) is 0.545. The van der Waals surface area contributed by atoms with Crippen molar-refractivity contribution < 1.29 is 13.2 Å². The van der Waals surface area contributed by atoms with Gasteiger partial charge in [0.1, 0.15) is 11.5 Å². The van der Waals surface area contributed by atoms with E-state index in [-0.39, 0.29) is 5.82 Å². The number of nitrogens with one attached hydrogen (secondary N) is 1. The highest BCUT2D eigenvalue weighted by molar-refractivity contribution is 5.35. The number of aromatic nitrogens is 1. The molecule has 1 heterocycles. The molecular weight excluding hydrogens is 231 g/mol. The molecule has 6 heteroatoms. The molecule has 1 unspecified atom stereocenters. The van der Waals surface area contributed by atoms with Crippen LogP contribution in [-0.4, -0.2) is 18.1 Å². The van der Waals surface area contributed by atoms with Gasteiger partial charge in [-0.3, -0.25) is 0 Å². The Morgan fingerprint density at radius 1 is 1.41 bits per heavy atom. The Morgan fingerprint density at radius 2 is 2.12 bits per heavy atom. The molecule has 3 N–H and O–H groups in total. The molecule has 0 bridgehead atoms. The van der Waals surface area contributed by atoms with Gasteiger partial charge >= 0.3 is 6.18 Å². The smallest absolute Gasteiger partial charge is 0.370 e. The monoisotopic (exact) mass is 247 g/mol. The second-order valence-corrected chi connectivity index (χ2v) is 3.97. The molecule has 0 aliphatic rings. The van der Waals surface area contributed by atoms with Gasteiger partial charge in [-0.05, 0) is 31.0 Å². The van der Waals surface area contributed by atoms with Gasteiger partial charge < -0.3 is 11.1 Å². The summed E-state index contributed by atoms with van der Waals surface area (Å²) in [6.45, 7) is 3.11. The summed E-state index contributed by atoms with van der Waals surface area (Å²) in [5, 5.41) is 2.88. The Hall–Kier alpha value is -1.30. The van der Waals surface area contributed by atoms with Crippen molar-refractivity contribution in [3.05, 3.63) is 23.9 Å². The molecule has 0 fully saturated rings. The van der Waals surface area contributed by atoms with Gasteiger partial charge in [0.15, 0.2) is 0 Å². The van der Waals surface area contributed by atoms with Crippen LogP contribution in [0.15, 0.2) is 18.2 Å². The van der Waals surface area contributed by atoms with Crippen LogP contribution in [0.5, 0.6) is 0 Å². The van der Waals surface area contributed by atoms with E-state index in [4.69, 9.17) is 5.73 Å². The SMILES string of the molecule is CC(CCN)CNc1cccc(C(F)(F)F)n1. The summed E-state index contributed by atoms with van der Waals surface area (Å²) in [4.78, 5) is 3.51. The van der Waals surface area contributed by atoms with Gasteiger partial charge in [0.25, 0.3) is 0 Å². The van der Waals surface area contributed by atoms with Crippen LogP contribution < -0.4 is 11.1 Å². The van der Waals surface area contributed by atoms with E-state index in [1.165, 1.54) is 12.1 Å². The first kappa shape index (κ1) is 13.8. The molecule has 0 saturated carbocycles. The Bertz CT molecular complexity index is 352. The zero-order valence-electron chi connectivity index (χ0n) is 9.59. The third-order valence-corrected chi connectivity index (χ3v) is 2.33. The summed E-state index contributed by atoms with van der Waals surface area (Å²) < 4.78 is 37.1. The van der Waals surface area contributed by atoms with E-state index in [1.807, 2.05) is 6.92 Å². The molecule has 0 amide bonds. The second-order valence-electron chi connectivity index (χ2n) is 3.97. The highest BCUT2D eigenvalue weighted by atomic mass is 19.4. The van der Waals surface area contributed by atoms with Crippen LogP contribution in [0.4, 0.5) is 19.0 Å². The lowest BCUT2D eigenvalue weighted by Gasteiger charge is -2.13. The molecule has 0 aliphatic carbocycles. The maximum Gasteiger partial charge on any atom is 0.433 e. The van der Waals surface area contributed by atoms with E-state index in [0.29, 0.717) is 19.0 Å². The standard InChI is InChI=1S/C11H16F3N3/c1-8(5-6-15)7-16-10-4-2-3-9(17-10)11(12,13)14/h2-4,8H,5-7,15H2,1H3,(H,16,17). The minimum absolute atomic E-state index is 0.240. The Labute approximate surface area is 98.2 Å². The number of alkyl halides is 3. The van der Waals surface area contributed by atoms with E-state index >= 15 is 0 Å². The molecule has 0 aliphatic heterocycles. The van der Waals surface area contributed by atoms with Crippen LogP contribution in [0.3, 0.4) is 0 Å². The van der Waals surface area contributed by atoms with E-state index in [1.54, 1.807) is 0 Å². The molecule has 0 spiro atoms. The lowest BCUT2D eigenvalue weighted by atomic mass is 10.1. The molecule has 1 atom stereocenters. The van der Waals surface area contributed by atoms with Crippen LogP contribution in [-0.2, 0) is 6.18 Å². The zero-order chi connectivity index (χ0) is 12.9. The molecule has 0 radical (unpaired) electrons. The Morgan fingerprint density at radius 3 is 2.71 bits per heavy atom. The van der Waals surface area contributed by atoms with Gasteiger partial charge in [-0.1, -0.05) is 13.0 Å². The number of halogens is 3. The largest absolute Gasteiger partial charge is 0.433 e. The average Bonchev–Trinajstić information content (AvgIpc) is 2.26. The highest BCUT2D eigenvalue weighted by Crippen LogP contribution is 2.28. The summed E-state index contributed by atoms with van der Waals surface area (Å²) in [5.41, 5.74) is 4.51. The number of pyridine rings is 1. The minimum atomic E-state index is -4.40. The summed E-state index contributed by atoms with van der Waals surface area (Å²) in [6.07, 6.45) is -3.58. The van der Waals surface area contributed by atoms with Crippen LogP contribution in [0.2, 0.25) is 0 Å². The Balaban J connectivity index is 2.60. The number of rotatable bonds is 5. The number of hydrogen-bond donors (Lipinski definition) is 2. The van der Waals surface area contributed by atoms with Crippen LogP contribution >= 0.6 is 0 Å². The lowest BCUT2D eigenvalue weighted by Crippen LogP contribution is -2.16. The lowest BCUT2D eigenvalue weighted by molar-refractivity contribution is -0.141. The van der Waals surface area contributed by atoms with Crippen molar-refractivity contribution in [1.29, 1.82) is 0 Å². The molecule has 0 saturated heterocycles. The van der Waals surface area contributed by atoms with Gasteiger partial charge in [-0.25, -0.2) is 4.98 Å². The Kier molecular flexibility index (Phi) is 4.74. The normalized spacial score (nSPS) is 13.5. The molecule has 96 valence electrons. The third-order valence-electron chi connectivity index (χ3n) is 2.33. The maximum atomic E-state index is 12.4. The van der Waals surface area contributed by atoms with E-state index < -0.39 is 11.9 Å². The number of nitrogens with zero attached hydrogens (tertiary/aromatic N) is 1. The van der Waals surface area contributed by atoms with Crippen molar-refractivity contribution in [1.82, 2.24) is 4.98 Å². The average molecular weight is 247 g/mol. The third kappa shape index (κ3) is 4.60. The molecule has 1 aromatic rings. The van der Waals surface area contributed by atoms with Crippen molar-refractivity contribution in [2.75, 3.05) is 18.4 Å². The highest BCUT2D eigenvalue weighted by Gasteiger charge is 2.32. The zero-order valence-corrected chi connectivity index (χ0v) is 9.59. The minimum Gasteiger partial charge on any atom is -0.370 e. The summed E-state index contributed by atoms with van der Waals surface area (Å²) in [5.74, 6) is 0.542. The predicted molar refractivity (Wildman–Crippen MR) is 60.6 cm³/mol. The molecule has 3 nitrogen and oxygen atoms in total. The molecule has 0 aromatic carbocycles. The van der Waals surface area contributed by atoms with Crippen LogP contribution in [0, 0.1) is 5.92 Å². The molecule has 1 rings (SSSR count). The van der Waals surface area contributed by atoms with Gasteiger partial charge in [-0.2, -0.15) is 13.2 Å². The van der Waals surface area contributed by atoms with Crippen LogP contribution in [0.25, 0.3) is 0 Å². The molecule has 1 aromatic heterocycles. The van der Waals surface area contributed by atoms with E-state index in [0.717, 1.165) is 12.5 Å². The van der Waals surface area contributed by atoms with E-state index in [2.05, 4.69) is 10.3 Å². The maximum absolute atomic E-state index is 12.4. The summed E-state index contributed by atoms with van der Waals surface area (Å²) in [6, 6.07) is 3.81. The van der Waals surface area contributed by atoms with Crippen molar-refractivity contribution in [2.45, 2.75) is 19.5 Å². The van der Waals surface area contributed by atoms with Gasteiger partial charge in [0.2, 0.25) is 0 Å². The fourth-order valence-corrected chi connectivity index (χ4v) is 1.36. The van der Waals surface area contributed by atoms with Gasteiger partial charge in [0.05, 0.1) is 0 Å². The van der Waals surface area contributed by atoms with Crippen molar-refractivity contribution in [3.63, 3.8) is 0 Å². The summed E-state index contributed by atoms with van der Waals surface area (Å²) in [7, 11) is 0. The number of hydrogen-bond acceptors (Lipinski definition) is 3. The van der Waals surface area contributed by atoms with Crippen molar-refractivity contribution in [3.8, 4) is 0 Å². The molecule has 17 heavy (non-hydrogen) atoms. The number of nitrogens with two attached hydrogens (primary N) is 1. The molecular formula is C11H16F3N3. The fourth-order valence-electron chi connectivity index (χ4n) is 1.36. The first-order valence-corrected chi connectivity index (χ1v) is 5.41. The van der Waals surface area contributed by atoms with E-state index in [9.17, 15) is 13.2 Å². The van der Waals surface area contributed by atoms with Gasteiger partial charge in [0, 0.05) is 6.54 Å². The topological polar surface area (TPSA) is 50.9 Å². The first-order chi connectivity index (χ1) is 7.93. The first-order valence-electron chi connectivity index (χ1n) is 5.41. The summed E-state index contributed by atoms with van der Waals surface area (Å²) >= 11 is 0. The second kappa shape index (κ2) is 5.86. The van der Waals surface area contributed by atoms with Crippen LogP contribution in [0.1, 0.15) is 19.0 Å². The van der Waals surface area contributed by atoms with Crippen molar-refractivity contribution in [2.24, 2.45) is 11.7 Å². The van der Waals surface area contributed by atoms with Crippen molar-refractivity contribution >= 4 is 5.82 Å².